The number of hydrogen-bond donors (Lipinski definition) is 3. The lowest BCUT2D eigenvalue weighted by atomic mass is 9.86. The van der Waals surface area contributed by atoms with Gasteiger partial charge in [0.05, 0.1) is 12.6 Å². The first-order valence-corrected chi connectivity index (χ1v) is 9.10. The van der Waals surface area contributed by atoms with Gasteiger partial charge < -0.3 is 15.7 Å². The molecule has 0 aliphatic heterocycles. The predicted molar refractivity (Wildman–Crippen MR) is 98.1 cm³/mol. The van der Waals surface area contributed by atoms with Crippen LogP contribution in [0, 0.1) is 5.92 Å². The second-order valence-corrected chi connectivity index (χ2v) is 7.89. The third-order valence-corrected chi connectivity index (χ3v) is 4.80. The molecule has 5 heteroatoms. The van der Waals surface area contributed by atoms with Crippen LogP contribution in [0.5, 0.6) is 0 Å². The molecule has 25 heavy (non-hydrogen) atoms. The lowest BCUT2D eigenvalue weighted by Crippen LogP contribution is -2.40. The van der Waals surface area contributed by atoms with Gasteiger partial charge in [0.1, 0.15) is 0 Å². The normalized spacial score (nSPS) is 16.5. The molecule has 1 aliphatic carbocycles. The summed E-state index contributed by atoms with van der Waals surface area (Å²) in [5, 5.41) is 15.6. The zero-order valence-electron chi connectivity index (χ0n) is 15.5. The third-order valence-electron chi connectivity index (χ3n) is 4.80. The van der Waals surface area contributed by atoms with Crippen LogP contribution in [-0.2, 0) is 15.0 Å². The Hall–Kier alpha value is -1.88. The number of aliphatic hydroxyl groups is 1. The fourth-order valence-corrected chi connectivity index (χ4v) is 3.10. The summed E-state index contributed by atoms with van der Waals surface area (Å²) in [6.07, 6.45) is 3.24. The molecule has 1 fully saturated rings. The monoisotopic (exact) mass is 346 g/mol. The fourth-order valence-electron chi connectivity index (χ4n) is 3.10. The van der Waals surface area contributed by atoms with E-state index in [2.05, 4.69) is 31.4 Å². The van der Waals surface area contributed by atoms with Gasteiger partial charge in [0.2, 0.25) is 11.8 Å². The van der Waals surface area contributed by atoms with Crippen LogP contribution in [0.2, 0.25) is 0 Å². The van der Waals surface area contributed by atoms with Gasteiger partial charge in [-0.05, 0) is 29.4 Å². The highest BCUT2D eigenvalue weighted by atomic mass is 16.3. The Morgan fingerprint density at radius 1 is 1.12 bits per heavy atom. The van der Waals surface area contributed by atoms with E-state index in [0.29, 0.717) is 0 Å². The molecule has 0 saturated heterocycles. The first kappa shape index (κ1) is 19.4. The molecule has 3 N–H and O–H groups in total. The molecule has 1 unspecified atom stereocenters. The lowest BCUT2D eigenvalue weighted by Gasteiger charge is -2.20. The largest absolute Gasteiger partial charge is 0.387 e. The molecule has 1 aliphatic rings. The molecular weight excluding hydrogens is 316 g/mol. The molecule has 0 spiro atoms. The van der Waals surface area contributed by atoms with Crippen molar-refractivity contribution in [2.75, 3.05) is 13.1 Å². The van der Waals surface area contributed by atoms with Crippen molar-refractivity contribution < 1.29 is 14.7 Å². The van der Waals surface area contributed by atoms with E-state index < -0.39 is 6.10 Å². The summed E-state index contributed by atoms with van der Waals surface area (Å²) in [5.74, 6) is -0.262. The van der Waals surface area contributed by atoms with E-state index in [-0.39, 0.29) is 36.2 Å². The summed E-state index contributed by atoms with van der Waals surface area (Å²) in [4.78, 5) is 23.7. The molecule has 138 valence electrons. The predicted octanol–water partition coefficient (Wildman–Crippen LogP) is 2.44. The SMILES string of the molecule is CC(C)(C)c1ccc(C(O)CNC(=O)CNC(=O)C2CCCC2)cc1. The van der Waals surface area contributed by atoms with E-state index in [4.69, 9.17) is 0 Å². The van der Waals surface area contributed by atoms with Gasteiger partial charge in [-0.3, -0.25) is 9.59 Å². The Kier molecular flexibility index (Phi) is 6.59. The van der Waals surface area contributed by atoms with Crippen LogP contribution >= 0.6 is 0 Å². The van der Waals surface area contributed by atoms with Crippen LogP contribution in [-0.4, -0.2) is 30.0 Å². The van der Waals surface area contributed by atoms with Crippen LogP contribution in [0.1, 0.15) is 63.7 Å². The van der Waals surface area contributed by atoms with Crippen LogP contribution < -0.4 is 10.6 Å². The fraction of sp³-hybridized carbons (Fsp3) is 0.600. The molecule has 0 aromatic heterocycles. The quantitative estimate of drug-likeness (QED) is 0.740. The molecule has 0 heterocycles. The zero-order chi connectivity index (χ0) is 18.4. The molecule has 1 aromatic carbocycles. The second-order valence-electron chi connectivity index (χ2n) is 7.89. The number of carbonyl (C=O) groups is 2. The number of amides is 2. The molecule has 2 rings (SSSR count). The van der Waals surface area contributed by atoms with Crippen molar-refractivity contribution >= 4 is 11.8 Å². The van der Waals surface area contributed by atoms with Gasteiger partial charge >= 0.3 is 0 Å². The van der Waals surface area contributed by atoms with Crippen LogP contribution in [0.3, 0.4) is 0 Å². The maximum absolute atomic E-state index is 11.9. The minimum atomic E-state index is -0.761. The molecule has 0 bridgehead atoms. The van der Waals surface area contributed by atoms with E-state index in [9.17, 15) is 14.7 Å². The van der Waals surface area contributed by atoms with Gasteiger partial charge in [-0.2, -0.15) is 0 Å². The maximum atomic E-state index is 11.9. The first-order chi connectivity index (χ1) is 11.8. The van der Waals surface area contributed by atoms with E-state index in [1.165, 1.54) is 5.56 Å². The number of benzene rings is 1. The number of nitrogens with one attached hydrogen (secondary N) is 2. The number of aliphatic hydroxyl groups excluding tert-OH is 1. The van der Waals surface area contributed by atoms with Gasteiger partial charge in [-0.15, -0.1) is 0 Å². The molecule has 5 nitrogen and oxygen atoms in total. The second kappa shape index (κ2) is 8.48. The summed E-state index contributed by atoms with van der Waals surface area (Å²) in [6, 6.07) is 7.78. The number of carbonyl (C=O) groups excluding carboxylic acids is 2. The van der Waals surface area contributed by atoms with Crippen LogP contribution in [0.15, 0.2) is 24.3 Å². The lowest BCUT2D eigenvalue weighted by molar-refractivity contribution is -0.128. The highest BCUT2D eigenvalue weighted by Gasteiger charge is 2.22. The smallest absolute Gasteiger partial charge is 0.239 e. The van der Waals surface area contributed by atoms with Crippen molar-refractivity contribution in [3.63, 3.8) is 0 Å². The molecular formula is C20H30N2O3. The van der Waals surface area contributed by atoms with Crippen molar-refractivity contribution in [2.45, 2.75) is 58.0 Å². The first-order valence-electron chi connectivity index (χ1n) is 9.10. The third kappa shape index (κ3) is 5.85. The maximum Gasteiger partial charge on any atom is 0.239 e. The Bertz CT molecular complexity index is 584. The van der Waals surface area contributed by atoms with E-state index in [0.717, 1.165) is 31.2 Å². The zero-order valence-corrected chi connectivity index (χ0v) is 15.5. The summed E-state index contributed by atoms with van der Waals surface area (Å²) in [5.41, 5.74) is 2.03. The van der Waals surface area contributed by atoms with Crippen molar-refractivity contribution in [3.8, 4) is 0 Å². The summed E-state index contributed by atoms with van der Waals surface area (Å²) in [6.45, 7) is 6.51. The summed E-state index contributed by atoms with van der Waals surface area (Å²) >= 11 is 0. The van der Waals surface area contributed by atoms with E-state index >= 15 is 0 Å². The molecule has 1 saturated carbocycles. The molecule has 0 radical (unpaired) electrons. The average Bonchev–Trinajstić information content (AvgIpc) is 3.11. The van der Waals surface area contributed by atoms with Crippen molar-refractivity contribution in [3.05, 3.63) is 35.4 Å². The number of rotatable bonds is 6. The van der Waals surface area contributed by atoms with Gasteiger partial charge in [0.15, 0.2) is 0 Å². The van der Waals surface area contributed by atoms with Crippen LogP contribution in [0.4, 0.5) is 0 Å². The minimum Gasteiger partial charge on any atom is -0.387 e. The molecule has 1 atom stereocenters. The summed E-state index contributed by atoms with van der Waals surface area (Å²) in [7, 11) is 0. The Morgan fingerprint density at radius 3 is 2.28 bits per heavy atom. The van der Waals surface area contributed by atoms with Crippen molar-refractivity contribution in [1.82, 2.24) is 10.6 Å². The standard InChI is InChI=1S/C20H30N2O3/c1-20(2,3)16-10-8-14(9-11-16)17(23)12-21-18(24)13-22-19(25)15-6-4-5-7-15/h8-11,15,17,23H,4-7,12-13H2,1-3H3,(H,21,24)(H,22,25). The Labute approximate surface area is 150 Å². The van der Waals surface area contributed by atoms with Gasteiger partial charge in [0, 0.05) is 12.5 Å². The Balaban J connectivity index is 1.74. The molecule has 1 aromatic rings. The molecule has 2 amide bonds. The number of hydrogen-bond acceptors (Lipinski definition) is 3. The average molecular weight is 346 g/mol. The highest BCUT2D eigenvalue weighted by molar-refractivity contribution is 5.85. The highest BCUT2D eigenvalue weighted by Crippen LogP contribution is 2.25. The van der Waals surface area contributed by atoms with Gasteiger partial charge in [0.25, 0.3) is 0 Å². The van der Waals surface area contributed by atoms with Crippen molar-refractivity contribution in [2.24, 2.45) is 5.92 Å². The van der Waals surface area contributed by atoms with Gasteiger partial charge in [-0.1, -0.05) is 57.9 Å². The minimum absolute atomic E-state index is 0.0361. The summed E-state index contributed by atoms with van der Waals surface area (Å²) < 4.78 is 0. The van der Waals surface area contributed by atoms with Crippen molar-refractivity contribution in [1.29, 1.82) is 0 Å². The van der Waals surface area contributed by atoms with E-state index in [1.54, 1.807) is 0 Å². The topological polar surface area (TPSA) is 78.4 Å². The van der Waals surface area contributed by atoms with E-state index in [1.807, 2.05) is 24.3 Å². The Morgan fingerprint density at radius 2 is 1.72 bits per heavy atom. The van der Waals surface area contributed by atoms with Gasteiger partial charge in [-0.25, -0.2) is 0 Å². The van der Waals surface area contributed by atoms with Crippen LogP contribution in [0.25, 0.3) is 0 Å².